The van der Waals surface area contributed by atoms with E-state index in [-0.39, 0.29) is 13.2 Å². The lowest BCUT2D eigenvalue weighted by molar-refractivity contribution is -0.139. The van der Waals surface area contributed by atoms with E-state index in [0.29, 0.717) is 27.6 Å². The number of anilines is 1. The summed E-state index contributed by atoms with van der Waals surface area (Å²) in [7, 11) is 1.56. The van der Waals surface area contributed by atoms with Gasteiger partial charge in [-0.05, 0) is 43.7 Å². The van der Waals surface area contributed by atoms with Crippen LogP contribution in [0.25, 0.3) is 0 Å². The van der Waals surface area contributed by atoms with Crippen LogP contribution in [-0.2, 0) is 19.1 Å². The molecule has 0 saturated heterocycles. The van der Waals surface area contributed by atoms with Gasteiger partial charge in [-0.3, -0.25) is 0 Å². The van der Waals surface area contributed by atoms with Crippen molar-refractivity contribution in [2.24, 2.45) is 0 Å². The molecule has 0 fully saturated rings. The van der Waals surface area contributed by atoms with Gasteiger partial charge in [-0.15, -0.1) is 0 Å². The zero-order valence-electron chi connectivity index (χ0n) is 17.6. The number of nitrogens with zero attached hydrogens (tertiary/aromatic N) is 1. The highest BCUT2D eigenvalue weighted by molar-refractivity contribution is 6.30. The number of esters is 2. The molecule has 0 spiro atoms. The Morgan fingerprint density at radius 2 is 1.45 bits per heavy atom. The van der Waals surface area contributed by atoms with E-state index in [1.54, 1.807) is 68.6 Å². The summed E-state index contributed by atoms with van der Waals surface area (Å²) in [5.41, 5.74) is 2.01. The number of benzene rings is 2. The minimum absolute atomic E-state index is 0.205. The monoisotopic (exact) mass is 441 g/mol. The molecule has 162 valence electrons. The van der Waals surface area contributed by atoms with Crippen LogP contribution in [0, 0.1) is 0 Å². The van der Waals surface area contributed by atoms with Gasteiger partial charge in [-0.25, -0.2) is 9.59 Å². The fourth-order valence-corrected chi connectivity index (χ4v) is 3.55. The van der Waals surface area contributed by atoms with E-state index in [2.05, 4.69) is 0 Å². The summed E-state index contributed by atoms with van der Waals surface area (Å²) in [6.07, 6.45) is 3.33. The van der Waals surface area contributed by atoms with Gasteiger partial charge in [0.05, 0.1) is 43.1 Å². The smallest absolute Gasteiger partial charge is 0.336 e. The van der Waals surface area contributed by atoms with Crippen LogP contribution in [-0.4, -0.2) is 32.3 Å². The van der Waals surface area contributed by atoms with Crippen LogP contribution >= 0.6 is 11.6 Å². The highest BCUT2D eigenvalue weighted by Crippen LogP contribution is 2.40. The quantitative estimate of drug-likeness (QED) is 0.572. The normalized spacial score (nSPS) is 13.9. The van der Waals surface area contributed by atoms with Crippen molar-refractivity contribution in [2.45, 2.75) is 19.8 Å². The first-order chi connectivity index (χ1) is 15.0. The first-order valence-corrected chi connectivity index (χ1v) is 10.3. The number of methoxy groups -OCH3 is 1. The van der Waals surface area contributed by atoms with E-state index in [1.807, 2.05) is 18.2 Å². The Kier molecular flexibility index (Phi) is 7.36. The Morgan fingerprint density at radius 1 is 0.903 bits per heavy atom. The summed E-state index contributed by atoms with van der Waals surface area (Å²) in [5.74, 6) is -1.11. The van der Waals surface area contributed by atoms with E-state index in [4.69, 9.17) is 25.8 Å². The van der Waals surface area contributed by atoms with Gasteiger partial charge >= 0.3 is 11.9 Å². The van der Waals surface area contributed by atoms with Crippen LogP contribution in [0.4, 0.5) is 5.69 Å². The van der Waals surface area contributed by atoms with E-state index >= 15 is 0 Å². The maximum absolute atomic E-state index is 13.0. The molecule has 1 aliphatic heterocycles. The van der Waals surface area contributed by atoms with E-state index in [0.717, 1.165) is 5.56 Å². The summed E-state index contributed by atoms with van der Waals surface area (Å²) in [5, 5.41) is 0.554. The molecule has 2 aromatic carbocycles. The number of hydrogen-bond acceptors (Lipinski definition) is 6. The number of hydrogen-bond donors (Lipinski definition) is 0. The first-order valence-electron chi connectivity index (χ1n) is 9.94. The van der Waals surface area contributed by atoms with Crippen LogP contribution in [0.5, 0.6) is 5.75 Å². The molecule has 0 bridgehead atoms. The van der Waals surface area contributed by atoms with Crippen molar-refractivity contribution in [2.75, 3.05) is 25.2 Å². The van der Waals surface area contributed by atoms with Crippen molar-refractivity contribution in [1.82, 2.24) is 0 Å². The van der Waals surface area contributed by atoms with Crippen LogP contribution in [0.3, 0.4) is 0 Å². The largest absolute Gasteiger partial charge is 0.495 e. The Hall–Kier alpha value is -3.25. The predicted molar refractivity (Wildman–Crippen MR) is 119 cm³/mol. The van der Waals surface area contributed by atoms with E-state index in [9.17, 15) is 9.59 Å². The maximum atomic E-state index is 13.0. The zero-order valence-corrected chi connectivity index (χ0v) is 18.4. The molecule has 6 nitrogen and oxygen atoms in total. The van der Waals surface area contributed by atoms with E-state index in [1.165, 1.54) is 0 Å². The molecule has 0 N–H and O–H groups in total. The van der Waals surface area contributed by atoms with Crippen LogP contribution in [0.15, 0.2) is 72.1 Å². The molecule has 0 atom stereocenters. The Bertz CT molecular complexity index is 977. The summed E-state index contributed by atoms with van der Waals surface area (Å²) >= 11 is 6.05. The number of carbonyl (C=O) groups is 2. The fraction of sp³-hybridized carbons (Fsp3) is 0.250. The van der Waals surface area contributed by atoms with Gasteiger partial charge in [0.2, 0.25) is 0 Å². The lowest BCUT2D eigenvalue weighted by atomic mass is 9.83. The van der Waals surface area contributed by atoms with Gasteiger partial charge in [0, 0.05) is 17.4 Å². The number of ether oxygens (including phenoxy) is 3. The van der Waals surface area contributed by atoms with Gasteiger partial charge in [0.15, 0.2) is 0 Å². The van der Waals surface area contributed by atoms with Crippen molar-refractivity contribution in [3.8, 4) is 5.75 Å². The van der Waals surface area contributed by atoms with Crippen molar-refractivity contribution >= 4 is 29.2 Å². The zero-order chi connectivity index (χ0) is 22.4. The molecule has 2 aromatic rings. The fourth-order valence-electron chi connectivity index (χ4n) is 3.42. The SMILES string of the molecule is CCOC(=O)C1=CN(c2ccccc2OC)C=C(C(=O)OCC)C1c1ccc(Cl)cc1. The number of carbonyl (C=O) groups excluding carboxylic acids is 2. The minimum atomic E-state index is -0.665. The van der Waals surface area contributed by atoms with Crippen molar-refractivity contribution in [3.63, 3.8) is 0 Å². The van der Waals surface area contributed by atoms with Gasteiger partial charge in [0.25, 0.3) is 0 Å². The van der Waals surface area contributed by atoms with Crippen molar-refractivity contribution in [1.29, 1.82) is 0 Å². The second-order valence-electron chi connectivity index (χ2n) is 6.67. The third-order valence-electron chi connectivity index (χ3n) is 4.77. The molecule has 31 heavy (non-hydrogen) atoms. The highest BCUT2D eigenvalue weighted by atomic mass is 35.5. The third-order valence-corrected chi connectivity index (χ3v) is 5.02. The molecule has 3 rings (SSSR count). The number of halogens is 1. The molecule has 1 heterocycles. The Balaban J connectivity index is 2.19. The van der Waals surface area contributed by atoms with Gasteiger partial charge in [-0.2, -0.15) is 0 Å². The molecule has 0 radical (unpaired) electrons. The summed E-state index contributed by atoms with van der Waals surface area (Å²) < 4.78 is 16.1. The van der Waals surface area contributed by atoms with Crippen LogP contribution in [0.2, 0.25) is 5.02 Å². The molecular weight excluding hydrogens is 418 g/mol. The summed E-state index contributed by atoms with van der Waals surface area (Å²) in [6.45, 7) is 3.88. The average molecular weight is 442 g/mol. The molecule has 0 amide bonds. The van der Waals surface area contributed by atoms with Crippen LogP contribution in [0.1, 0.15) is 25.3 Å². The second-order valence-corrected chi connectivity index (χ2v) is 7.11. The summed E-state index contributed by atoms with van der Waals surface area (Å²) in [4.78, 5) is 27.6. The highest BCUT2D eigenvalue weighted by Gasteiger charge is 2.36. The topological polar surface area (TPSA) is 65.1 Å². The molecule has 0 unspecified atom stereocenters. The first kappa shape index (κ1) is 22.4. The number of para-hydroxylation sites is 2. The molecule has 0 saturated carbocycles. The lowest BCUT2D eigenvalue weighted by Gasteiger charge is -2.31. The van der Waals surface area contributed by atoms with Crippen LogP contribution < -0.4 is 9.64 Å². The van der Waals surface area contributed by atoms with Gasteiger partial charge < -0.3 is 19.1 Å². The van der Waals surface area contributed by atoms with E-state index < -0.39 is 17.9 Å². The maximum Gasteiger partial charge on any atom is 0.336 e. The van der Waals surface area contributed by atoms with Crippen molar-refractivity contribution < 1.29 is 23.8 Å². The summed E-state index contributed by atoms with van der Waals surface area (Å²) in [6, 6.07) is 14.3. The lowest BCUT2D eigenvalue weighted by Crippen LogP contribution is -2.29. The Labute approximate surface area is 186 Å². The molecule has 0 aromatic heterocycles. The molecular formula is C24H24ClNO5. The van der Waals surface area contributed by atoms with Gasteiger partial charge in [-0.1, -0.05) is 35.9 Å². The Morgan fingerprint density at radius 3 is 1.97 bits per heavy atom. The standard InChI is InChI=1S/C24H24ClNO5/c1-4-30-23(27)18-14-26(20-8-6-7-9-21(20)29-3)15-19(24(28)31-5-2)22(18)16-10-12-17(25)13-11-16/h6-15,22H,4-5H2,1-3H3. The predicted octanol–water partition coefficient (Wildman–Crippen LogP) is 4.85. The van der Waals surface area contributed by atoms with Gasteiger partial charge in [0.1, 0.15) is 5.75 Å². The molecule has 0 aliphatic carbocycles. The third kappa shape index (κ3) is 4.91. The number of rotatable bonds is 7. The molecule has 7 heteroatoms. The second kappa shape index (κ2) is 10.2. The van der Waals surface area contributed by atoms with Crippen molar-refractivity contribution in [3.05, 3.63) is 82.7 Å². The molecule has 1 aliphatic rings. The average Bonchev–Trinajstić information content (AvgIpc) is 2.79. The minimum Gasteiger partial charge on any atom is -0.495 e.